The lowest BCUT2D eigenvalue weighted by molar-refractivity contribution is -0.161. The summed E-state index contributed by atoms with van der Waals surface area (Å²) >= 11 is 0. The Kier molecular flexibility index (Phi) is 16.0. The molecule has 3 aromatic rings. The monoisotopic (exact) mass is 925 g/mol. The Labute approximate surface area is 387 Å². The number of piperidine rings is 1. The van der Waals surface area contributed by atoms with Gasteiger partial charge in [0.15, 0.2) is 24.7 Å². The number of nitrogens with one attached hydrogen (secondary N) is 3. The van der Waals surface area contributed by atoms with Gasteiger partial charge in [0.1, 0.15) is 29.7 Å². The summed E-state index contributed by atoms with van der Waals surface area (Å²) in [5, 5.41) is 7.38. The molecule has 0 radical (unpaired) electrons. The summed E-state index contributed by atoms with van der Waals surface area (Å²) in [7, 11) is 3.07. The van der Waals surface area contributed by atoms with Crippen molar-refractivity contribution in [3.05, 3.63) is 82.9 Å². The quantitative estimate of drug-likeness (QED) is 0.0603. The molecule has 0 bridgehead atoms. The molecule has 7 amide bonds. The molecule has 3 atom stereocenters. The van der Waals surface area contributed by atoms with Gasteiger partial charge in [-0.15, -0.1) is 0 Å². The number of likely N-dealkylation sites (tertiary alicyclic amines) is 1. The molecular formula is C48H55N5O14. The van der Waals surface area contributed by atoms with Crippen molar-refractivity contribution in [3.63, 3.8) is 0 Å². The Morgan fingerprint density at radius 3 is 2.21 bits per heavy atom. The molecule has 3 N–H and O–H groups in total. The summed E-state index contributed by atoms with van der Waals surface area (Å²) in [5.74, 6) is -4.34. The molecule has 1 unspecified atom stereocenters. The molecule has 3 aliphatic heterocycles. The Hall–Kier alpha value is -7.31. The van der Waals surface area contributed by atoms with Crippen LogP contribution in [0, 0.1) is 5.41 Å². The van der Waals surface area contributed by atoms with Crippen molar-refractivity contribution < 1.29 is 66.8 Å². The van der Waals surface area contributed by atoms with E-state index >= 15 is 0 Å². The number of ketones is 1. The van der Waals surface area contributed by atoms with E-state index in [0.717, 1.165) is 10.5 Å². The molecule has 3 heterocycles. The number of amides is 7. The number of carbonyl (C=O) groups excluding carboxylic acids is 9. The molecule has 2 saturated heterocycles. The lowest BCUT2D eigenvalue weighted by atomic mass is 9.84. The van der Waals surface area contributed by atoms with Gasteiger partial charge in [0.2, 0.25) is 17.6 Å². The first-order chi connectivity index (χ1) is 32.1. The van der Waals surface area contributed by atoms with Crippen LogP contribution in [0.5, 0.6) is 23.0 Å². The maximum absolute atomic E-state index is 13.9. The van der Waals surface area contributed by atoms with Gasteiger partial charge in [0, 0.05) is 31.5 Å². The van der Waals surface area contributed by atoms with Crippen molar-refractivity contribution in [2.45, 2.75) is 83.9 Å². The van der Waals surface area contributed by atoms with Crippen molar-refractivity contribution in [2.24, 2.45) is 5.41 Å². The number of imide groups is 2. The largest absolute Gasteiger partial charge is 0.493 e. The van der Waals surface area contributed by atoms with Gasteiger partial charge in [-0.25, -0.2) is 4.79 Å². The summed E-state index contributed by atoms with van der Waals surface area (Å²) in [6.45, 7) is 4.62. The number of ether oxygens (including phenoxy) is 5. The first-order valence-electron chi connectivity index (χ1n) is 22.1. The number of nitrogens with zero attached hydrogens (tertiary/aromatic N) is 2. The smallest absolute Gasteiger partial charge is 0.329 e. The number of rotatable bonds is 21. The molecule has 19 nitrogen and oxygen atoms in total. The molecule has 3 aromatic carbocycles. The van der Waals surface area contributed by atoms with E-state index in [4.69, 9.17) is 23.7 Å². The van der Waals surface area contributed by atoms with Crippen molar-refractivity contribution in [3.8, 4) is 23.0 Å². The first-order valence-corrected chi connectivity index (χ1v) is 22.1. The molecule has 0 saturated carbocycles. The highest BCUT2D eigenvalue weighted by molar-refractivity contribution is 6.38. The molecule has 2 fully saturated rings. The van der Waals surface area contributed by atoms with Crippen LogP contribution in [0.15, 0.2) is 60.7 Å². The van der Waals surface area contributed by atoms with Crippen molar-refractivity contribution in [1.29, 1.82) is 0 Å². The number of fused-ring (bicyclic) bond motifs is 1. The number of hydrogen-bond acceptors (Lipinski definition) is 14. The van der Waals surface area contributed by atoms with Gasteiger partial charge in [-0.1, -0.05) is 45.0 Å². The second kappa shape index (κ2) is 21.8. The number of benzene rings is 3. The maximum Gasteiger partial charge on any atom is 0.329 e. The Morgan fingerprint density at radius 1 is 0.821 bits per heavy atom. The van der Waals surface area contributed by atoms with E-state index in [-0.39, 0.29) is 56.0 Å². The van der Waals surface area contributed by atoms with E-state index in [1.807, 2.05) is 19.1 Å². The van der Waals surface area contributed by atoms with Gasteiger partial charge in [-0.3, -0.25) is 48.6 Å². The van der Waals surface area contributed by atoms with Crippen LogP contribution in [0.4, 0.5) is 0 Å². The minimum atomic E-state index is -1.16. The van der Waals surface area contributed by atoms with Gasteiger partial charge < -0.3 is 39.2 Å². The molecule has 0 aromatic heterocycles. The van der Waals surface area contributed by atoms with Crippen LogP contribution in [-0.2, 0) is 44.7 Å². The molecular weight excluding hydrogens is 871 g/mol. The fourth-order valence-electron chi connectivity index (χ4n) is 7.89. The van der Waals surface area contributed by atoms with Crippen LogP contribution >= 0.6 is 0 Å². The molecule has 19 heteroatoms. The van der Waals surface area contributed by atoms with Gasteiger partial charge >= 0.3 is 5.97 Å². The Bertz CT molecular complexity index is 2430. The Balaban J connectivity index is 1.01. The maximum atomic E-state index is 13.9. The van der Waals surface area contributed by atoms with Crippen molar-refractivity contribution in [1.82, 2.24) is 25.8 Å². The molecule has 0 spiro atoms. The second-order valence-electron chi connectivity index (χ2n) is 16.9. The first kappa shape index (κ1) is 49.1. The third-order valence-corrected chi connectivity index (χ3v) is 12.0. The minimum absolute atomic E-state index is 0.00483. The zero-order chi connectivity index (χ0) is 48.4. The topological polar surface area (TPSA) is 242 Å². The standard InChI is InChI=1S/C48H55N5O14/c1-6-48(2,3)42(57)46(61)52-23-9-13-33(52)47(62)67-34(18-15-28-16-19-35(63-4)37(24-28)64-5)29-10-7-11-30(25-29)65-26-39(55)49-21-22-50-40(56)27-66-36-14-8-12-31-41(36)45(60)53(44(31)59)32-17-20-38(54)51-43(32)58/h7-8,10-12,14,16,19,24-25,32-34H,6,9,13,15,17-18,20-23,26-27H2,1-5H3,(H,49,55)(H,50,56)(H,51,54,58)/t32?,33-,34+/m0/s1. The second-order valence-corrected chi connectivity index (χ2v) is 16.9. The molecule has 0 aliphatic carbocycles. The summed E-state index contributed by atoms with van der Waals surface area (Å²) < 4.78 is 28.4. The van der Waals surface area contributed by atoms with Crippen molar-refractivity contribution >= 4 is 53.1 Å². The minimum Gasteiger partial charge on any atom is -0.493 e. The predicted molar refractivity (Wildman–Crippen MR) is 237 cm³/mol. The summed E-state index contributed by atoms with van der Waals surface area (Å²) in [4.78, 5) is 118. The number of esters is 1. The lowest BCUT2D eigenvalue weighted by Crippen LogP contribution is -2.54. The highest BCUT2D eigenvalue weighted by Crippen LogP contribution is 2.35. The zero-order valence-electron chi connectivity index (χ0n) is 38.1. The summed E-state index contributed by atoms with van der Waals surface area (Å²) in [5.41, 5.74) is 0.477. The molecule has 356 valence electrons. The van der Waals surface area contributed by atoms with E-state index < -0.39 is 83.3 Å². The van der Waals surface area contributed by atoms with Crippen LogP contribution < -0.4 is 34.9 Å². The van der Waals surface area contributed by atoms with Gasteiger partial charge in [0.25, 0.3) is 29.5 Å². The van der Waals surface area contributed by atoms with Gasteiger partial charge in [-0.05, 0) is 86.1 Å². The fourth-order valence-corrected chi connectivity index (χ4v) is 7.89. The number of Topliss-reactive ketones (excluding diaryl/α,β-unsaturated/α-hetero) is 1. The van der Waals surface area contributed by atoms with Crippen molar-refractivity contribution in [2.75, 3.05) is 47.1 Å². The molecule has 6 rings (SSSR count). The van der Waals surface area contributed by atoms with Crippen LogP contribution in [-0.4, -0.2) is 122 Å². The summed E-state index contributed by atoms with van der Waals surface area (Å²) in [6.07, 6.45) is 1.25. The lowest BCUT2D eigenvalue weighted by Gasteiger charge is -2.28. The van der Waals surface area contributed by atoms with E-state index in [9.17, 15) is 43.2 Å². The SMILES string of the molecule is CCC(C)(C)C(=O)C(=O)N1CCC[C@H]1C(=O)O[C@H](CCc1ccc(OC)c(OC)c1)c1cccc(OCC(=O)NCCNC(=O)COc2cccc3c2C(=O)N(C2CCC(=O)NC2=O)C3=O)c1. The number of hydrogen-bond donors (Lipinski definition) is 3. The average molecular weight is 926 g/mol. The van der Waals surface area contributed by atoms with Crippen LogP contribution in [0.25, 0.3) is 0 Å². The third-order valence-electron chi connectivity index (χ3n) is 12.0. The van der Waals surface area contributed by atoms with Gasteiger partial charge in [0.05, 0.1) is 25.3 Å². The van der Waals surface area contributed by atoms with Gasteiger partial charge in [-0.2, -0.15) is 0 Å². The van der Waals surface area contributed by atoms with E-state index in [1.54, 1.807) is 44.2 Å². The van der Waals surface area contributed by atoms with E-state index in [2.05, 4.69) is 16.0 Å². The highest BCUT2D eigenvalue weighted by Gasteiger charge is 2.46. The fraction of sp³-hybridized carbons (Fsp3) is 0.438. The zero-order valence-corrected chi connectivity index (χ0v) is 38.1. The van der Waals surface area contributed by atoms with Crippen LogP contribution in [0.3, 0.4) is 0 Å². The summed E-state index contributed by atoms with van der Waals surface area (Å²) in [6, 6.07) is 14.4. The third kappa shape index (κ3) is 11.6. The molecule has 3 aliphatic rings. The number of methoxy groups -OCH3 is 2. The van der Waals surface area contributed by atoms with Crippen LogP contribution in [0.1, 0.15) is 97.2 Å². The molecule has 67 heavy (non-hydrogen) atoms. The number of aryl methyl sites for hydroxylation is 1. The highest BCUT2D eigenvalue weighted by atomic mass is 16.5. The average Bonchev–Trinajstić information content (AvgIpc) is 3.92. The van der Waals surface area contributed by atoms with Crippen LogP contribution in [0.2, 0.25) is 0 Å². The number of carbonyl (C=O) groups is 9. The Morgan fingerprint density at radius 2 is 1.52 bits per heavy atom. The predicted octanol–water partition coefficient (Wildman–Crippen LogP) is 3.01. The normalized spacial score (nSPS) is 17.3. The van der Waals surface area contributed by atoms with E-state index in [0.29, 0.717) is 54.9 Å². The van der Waals surface area contributed by atoms with E-state index in [1.165, 1.54) is 37.3 Å².